The lowest BCUT2D eigenvalue weighted by Crippen LogP contribution is -2.38. The highest BCUT2D eigenvalue weighted by atomic mass is 35.5. The van der Waals surface area contributed by atoms with E-state index in [-0.39, 0.29) is 11.8 Å². The Balaban J connectivity index is 1.76. The van der Waals surface area contributed by atoms with E-state index in [2.05, 4.69) is 10.6 Å². The highest BCUT2D eigenvalue weighted by Gasteiger charge is 2.24. The highest BCUT2D eigenvalue weighted by Crippen LogP contribution is 2.31. The molecule has 27 heavy (non-hydrogen) atoms. The van der Waals surface area contributed by atoms with E-state index < -0.39 is 6.03 Å². The van der Waals surface area contributed by atoms with Gasteiger partial charge in [-0.2, -0.15) is 0 Å². The first-order chi connectivity index (χ1) is 12.8. The molecule has 0 bridgehead atoms. The molecule has 0 saturated heterocycles. The van der Waals surface area contributed by atoms with Crippen LogP contribution in [0.3, 0.4) is 0 Å². The summed E-state index contributed by atoms with van der Waals surface area (Å²) < 4.78 is 0. The maximum atomic E-state index is 12.5. The molecule has 0 saturated carbocycles. The fraction of sp³-hybridized carbons (Fsp3) is 0.300. The first-order valence-electron chi connectivity index (χ1n) is 8.82. The van der Waals surface area contributed by atoms with Gasteiger partial charge in [-0.25, -0.2) is 4.79 Å². The summed E-state index contributed by atoms with van der Waals surface area (Å²) in [5, 5.41) is 6.31. The molecule has 0 unspecified atom stereocenters. The van der Waals surface area contributed by atoms with Gasteiger partial charge in [0.1, 0.15) is 0 Å². The molecule has 1 aliphatic heterocycles. The molecule has 5 nitrogen and oxygen atoms in total. The number of nitrogens with zero attached hydrogens (tertiary/aromatic N) is 1. The van der Waals surface area contributed by atoms with Crippen molar-refractivity contribution in [3.05, 3.63) is 52.0 Å². The number of aryl methyl sites for hydroxylation is 1. The maximum Gasteiger partial charge on any atom is 0.323 e. The molecule has 3 amide bonds. The standard InChI is InChI=1S/C20H21Cl2N3O2/c1-12(2)19(26)25-9-3-4-13-5-6-15(11-18(13)25)24-20(27)23-14-7-8-16(21)17(22)10-14/h5-8,10-12H,3-4,9H2,1-2H3,(H2,23,24,27). The van der Waals surface area contributed by atoms with Crippen LogP contribution in [-0.4, -0.2) is 18.5 Å². The zero-order valence-corrected chi connectivity index (χ0v) is 16.7. The van der Waals surface area contributed by atoms with Crippen molar-refractivity contribution in [2.75, 3.05) is 22.1 Å². The Morgan fingerprint density at radius 3 is 2.33 bits per heavy atom. The lowest BCUT2D eigenvalue weighted by molar-refractivity contribution is -0.121. The number of carbonyl (C=O) groups excluding carboxylic acids is 2. The summed E-state index contributed by atoms with van der Waals surface area (Å²) in [4.78, 5) is 26.6. The Labute approximate surface area is 168 Å². The number of rotatable bonds is 3. The van der Waals surface area contributed by atoms with E-state index in [9.17, 15) is 9.59 Å². The second kappa shape index (κ2) is 8.19. The number of nitrogens with one attached hydrogen (secondary N) is 2. The summed E-state index contributed by atoms with van der Waals surface area (Å²) in [6.45, 7) is 4.48. The smallest absolute Gasteiger partial charge is 0.312 e. The molecule has 0 fully saturated rings. The van der Waals surface area contributed by atoms with E-state index in [0.717, 1.165) is 24.1 Å². The number of amides is 3. The minimum atomic E-state index is -0.397. The molecule has 0 aromatic heterocycles. The van der Waals surface area contributed by atoms with Gasteiger partial charge in [0.05, 0.1) is 10.0 Å². The summed E-state index contributed by atoms with van der Waals surface area (Å²) >= 11 is 11.9. The Morgan fingerprint density at radius 1 is 1.00 bits per heavy atom. The highest BCUT2D eigenvalue weighted by molar-refractivity contribution is 6.42. The number of hydrogen-bond donors (Lipinski definition) is 2. The second-order valence-corrected chi connectivity index (χ2v) is 7.61. The molecule has 0 radical (unpaired) electrons. The van der Waals surface area contributed by atoms with Crippen molar-refractivity contribution in [1.82, 2.24) is 0 Å². The van der Waals surface area contributed by atoms with Crippen LogP contribution in [-0.2, 0) is 11.2 Å². The number of anilines is 3. The third kappa shape index (κ3) is 4.54. The summed E-state index contributed by atoms with van der Waals surface area (Å²) in [6, 6.07) is 10.1. The number of benzene rings is 2. The lowest BCUT2D eigenvalue weighted by atomic mass is 9.99. The van der Waals surface area contributed by atoms with Crippen LogP contribution in [0.2, 0.25) is 10.0 Å². The van der Waals surface area contributed by atoms with E-state index in [0.29, 0.717) is 28.0 Å². The molecule has 0 spiro atoms. The van der Waals surface area contributed by atoms with Crippen LogP contribution in [0.15, 0.2) is 36.4 Å². The largest absolute Gasteiger partial charge is 0.323 e. The van der Waals surface area contributed by atoms with Gasteiger partial charge < -0.3 is 15.5 Å². The minimum Gasteiger partial charge on any atom is -0.312 e. The second-order valence-electron chi connectivity index (χ2n) is 6.80. The first kappa shape index (κ1) is 19.5. The molecule has 1 heterocycles. The van der Waals surface area contributed by atoms with Gasteiger partial charge in [-0.15, -0.1) is 0 Å². The van der Waals surface area contributed by atoms with Crippen molar-refractivity contribution in [2.24, 2.45) is 5.92 Å². The average molecular weight is 406 g/mol. The van der Waals surface area contributed by atoms with Crippen LogP contribution in [0.25, 0.3) is 0 Å². The monoisotopic (exact) mass is 405 g/mol. The lowest BCUT2D eigenvalue weighted by Gasteiger charge is -2.31. The minimum absolute atomic E-state index is 0.0782. The maximum absolute atomic E-state index is 12.5. The predicted molar refractivity (Wildman–Crippen MR) is 111 cm³/mol. The summed E-state index contributed by atoms with van der Waals surface area (Å²) in [5.41, 5.74) is 3.14. The predicted octanol–water partition coefficient (Wildman–Crippen LogP) is 5.57. The topological polar surface area (TPSA) is 61.4 Å². The fourth-order valence-corrected chi connectivity index (χ4v) is 3.36. The van der Waals surface area contributed by atoms with Crippen LogP contribution in [0, 0.1) is 5.92 Å². The van der Waals surface area contributed by atoms with Crippen LogP contribution in [0.1, 0.15) is 25.8 Å². The van der Waals surface area contributed by atoms with Gasteiger partial charge in [0.15, 0.2) is 0 Å². The zero-order valence-electron chi connectivity index (χ0n) is 15.2. The molecule has 1 aliphatic rings. The van der Waals surface area contributed by atoms with Crippen molar-refractivity contribution in [1.29, 1.82) is 0 Å². The molecule has 2 aromatic carbocycles. The normalized spacial score (nSPS) is 13.3. The average Bonchev–Trinajstić information content (AvgIpc) is 2.63. The molecule has 2 aromatic rings. The third-order valence-corrected chi connectivity index (χ3v) is 5.14. The molecule has 3 rings (SSSR count). The third-order valence-electron chi connectivity index (χ3n) is 4.40. The number of hydrogen-bond acceptors (Lipinski definition) is 2. The van der Waals surface area contributed by atoms with E-state index in [1.807, 2.05) is 36.9 Å². The molecule has 2 N–H and O–H groups in total. The SMILES string of the molecule is CC(C)C(=O)N1CCCc2ccc(NC(=O)Nc3ccc(Cl)c(Cl)c3)cc21. The van der Waals surface area contributed by atoms with Crippen LogP contribution >= 0.6 is 23.2 Å². The van der Waals surface area contributed by atoms with Crippen molar-refractivity contribution in [3.63, 3.8) is 0 Å². The Bertz CT molecular complexity index is 884. The number of fused-ring (bicyclic) bond motifs is 1. The zero-order chi connectivity index (χ0) is 19.6. The Kier molecular flexibility index (Phi) is 5.92. The molecule has 0 aliphatic carbocycles. The van der Waals surface area contributed by atoms with Gasteiger partial charge in [0, 0.05) is 29.5 Å². The van der Waals surface area contributed by atoms with E-state index in [4.69, 9.17) is 23.2 Å². The van der Waals surface area contributed by atoms with Gasteiger partial charge in [-0.1, -0.05) is 43.1 Å². The van der Waals surface area contributed by atoms with E-state index in [1.54, 1.807) is 18.2 Å². The van der Waals surface area contributed by atoms with Crippen molar-refractivity contribution >= 4 is 52.2 Å². The molecule has 142 valence electrons. The van der Waals surface area contributed by atoms with Crippen LogP contribution in [0.5, 0.6) is 0 Å². The van der Waals surface area contributed by atoms with Crippen molar-refractivity contribution in [3.8, 4) is 0 Å². The Hall–Kier alpha value is -2.24. The van der Waals surface area contributed by atoms with Gasteiger partial charge in [-0.05, 0) is 48.7 Å². The fourth-order valence-electron chi connectivity index (χ4n) is 3.06. The van der Waals surface area contributed by atoms with Gasteiger partial charge in [-0.3, -0.25) is 4.79 Å². The molecular formula is C20H21Cl2N3O2. The summed E-state index contributed by atoms with van der Waals surface area (Å²) in [6.07, 6.45) is 1.86. The number of urea groups is 1. The van der Waals surface area contributed by atoms with Crippen molar-refractivity contribution in [2.45, 2.75) is 26.7 Å². The van der Waals surface area contributed by atoms with Crippen LogP contribution in [0.4, 0.5) is 21.9 Å². The first-order valence-corrected chi connectivity index (χ1v) is 9.58. The number of halogens is 2. The molecule has 7 heteroatoms. The quantitative estimate of drug-likeness (QED) is 0.700. The number of carbonyl (C=O) groups is 2. The molecular weight excluding hydrogens is 385 g/mol. The summed E-state index contributed by atoms with van der Waals surface area (Å²) in [7, 11) is 0. The van der Waals surface area contributed by atoms with Gasteiger partial charge in [0.2, 0.25) is 5.91 Å². The Morgan fingerprint density at radius 2 is 1.67 bits per heavy atom. The van der Waals surface area contributed by atoms with E-state index in [1.165, 1.54) is 0 Å². The summed E-state index contributed by atoms with van der Waals surface area (Å²) in [5.74, 6) is 0.0128. The van der Waals surface area contributed by atoms with E-state index >= 15 is 0 Å². The van der Waals surface area contributed by atoms with Crippen molar-refractivity contribution < 1.29 is 9.59 Å². The van der Waals surface area contributed by atoms with Gasteiger partial charge >= 0.3 is 6.03 Å². The van der Waals surface area contributed by atoms with Gasteiger partial charge in [0.25, 0.3) is 0 Å². The van der Waals surface area contributed by atoms with Crippen LogP contribution < -0.4 is 15.5 Å². The molecule has 0 atom stereocenters.